The molecule has 0 radical (unpaired) electrons. The van der Waals surface area contributed by atoms with E-state index < -0.39 is 0 Å². The molecule has 3 nitrogen and oxygen atoms in total. The molecule has 2 heterocycles. The van der Waals surface area contributed by atoms with Crippen LogP contribution in [0.15, 0.2) is 0 Å². The molecule has 2 N–H and O–H groups in total. The zero-order chi connectivity index (χ0) is 13.8. The van der Waals surface area contributed by atoms with Crippen molar-refractivity contribution >= 4 is 11.3 Å². The van der Waals surface area contributed by atoms with Crippen molar-refractivity contribution in [1.82, 2.24) is 9.88 Å². The van der Waals surface area contributed by atoms with Crippen molar-refractivity contribution in [2.45, 2.75) is 59.0 Å². The van der Waals surface area contributed by atoms with Gasteiger partial charge in [-0.2, -0.15) is 0 Å². The summed E-state index contributed by atoms with van der Waals surface area (Å²) in [5.41, 5.74) is 7.31. The summed E-state index contributed by atoms with van der Waals surface area (Å²) in [6, 6.07) is 0.120. The highest BCUT2D eigenvalue weighted by atomic mass is 32.1. The molecule has 1 aliphatic heterocycles. The molecule has 1 fully saturated rings. The molecule has 1 saturated heterocycles. The smallest absolute Gasteiger partial charge is 0.107 e. The van der Waals surface area contributed by atoms with Crippen molar-refractivity contribution in [3.05, 3.63) is 15.6 Å². The Morgan fingerprint density at radius 2 is 2.11 bits per heavy atom. The minimum atomic E-state index is 0.120. The second kappa shape index (κ2) is 6.82. The van der Waals surface area contributed by atoms with Crippen molar-refractivity contribution in [2.75, 3.05) is 13.1 Å². The lowest BCUT2D eigenvalue weighted by atomic mass is 9.99. The lowest BCUT2D eigenvalue weighted by Gasteiger charge is -2.29. The van der Waals surface area contributed by atoms with E-state index in [0.717, 1.165) is 25.3 Å². The molecule has 1 atom stereocenters. The molecule has 0 spiro atoms. The van der Waals surface area contributed by atoms with Gasteiger partial charge in [-0.05, 0) is 45.2 Å². The van der Waals surface area contributed by atoms with Crippen molar-refractivity contribution in [2.24, 2.45) is 11.7 Å². The first-order valence-corrected chi connectivity index (χ1v) is 8.38. The number of piperidine rings is 1. The molecule has 2 rings (SSSR count). The summed E-state index contributed by atoms with van der Waals surface area (Å²) < 4.78 is 0. The van der Waals surface area contributed by atoms with E-state index in [1.165, 1.54) is 41.5 Å². The predicted molar refractivity (Wildman–Crippen MR) is 82.4 cm³/mol. The van der Waals surface area contributed by atoms with Gasteiger partial charge in [-0.25, -0.2) is 4.98 Å². The van der Waals surface area contributed by atoms with Crippen LogP contribution in [0.25, 0.3) is 0 Å². The number of thiazole rings is 1. The Balaban J connectivity index is 2.02. The minimum Gasteiger partial charge on any atom is -0.323 e. The fraction of sp³-hybridized carbons (Fsp3) is 0.800. The molecule has 0 amide bonds. The van der Waals surface area contributed by atoms with Gasteiger partial charge in [0.15, 0.2) is 0 Å². The maximum absolute atomic E-state index is 6.07. The Bertz CT molecular complexity index is 392. The number of nitrogens with two attached hydrogens (primary N) is 1. The first-order chi connectivity index (χ1) is 9.10. The van der Waals surface area contributed by atoms with Crippen LogP contribution in [0.4, 0.5) is 0 Å². The van der Waals surface area contributed by atoms with Crippen LogP contribution in [0.1, 0.15) is 61.7 Å². The van der Waals surface area contributed by atoms with E-state index in [-0.39, 0.29) is 6.04 Å². The maximum Gasteiger partial charge on any atom is 0.107 e. The van der Waals surface area contributed by atoms with Gasteiger partial charge in [0.2, 0.25) is 0 Å². The highest BCUT2D eigenvalue weighted by Gasteiger charge is 2.19. The van der Waals surface area contributed by atoms with E-state index in [2.05, 4.69) is 25.7 Å². The number of aromatic nitrogens is 1. The molecule has 4 heteroatoms. The van der Waals surface area contributed by atoms with Crippen LogP contribution in [0.3, 0.4) is 0 Å². The number of aryl methyl sites for hydroxylation is 1. The van der Waals surface area contributed by atoms with E-state index in [1.807, 2.05) is 11.3 Å². The van der Waals surface area contributed by atoms with Crippen molar-refractivity contribution in [3.8, 4) is 0 Å². The Labute approximate surface area is 121 Å². The van der Waals surface area contributed by atoms with E-state index in [9.17, 15) is 0 Å². The third kappa shape index (κ3) is 4.01. The molecule has 19 heavy (non-hydrogen) atoms. The fourth-order valence-electron chi connectivity index (χ4n) is 2.67. The Kier molecular flexibility index (Phi) is 5.37. The van der Waals surface area contributed by atoms with Gasteiger partial charge < -0.3 is 5.73 Å². The lowest BCUT2D eigenvalue weighted by Crippen LogP contribution is -2.32. The van der Waals surface area contributed by atoms with Crippen LogP contribution in [-0.2, 0) is 13.0 Å². The van der Waals surface area contributed by atoms with Gasteiger partial charge in [-0.3, -0.25) is 4.90 Å². The summed E-state index contributed by atoms with van der Waals surface area (Å²) in [4.78, 5) is 8.67. The van der Waals surface area contributed by atoms with Crippen molar-refractivity contribution < 1.29 is 0 Å². The Hall–Kier alpha value is -0.450. The Morgan fingerprint density at radius 1 is 1.42 bits per heavy atom. The molecular weight excluding hydrogens is 254 g/mol. The summed E-state index contributed by atoms with van der Waals surface area (Å²) in [6.07, 6.45) is 4.86. The highest BCUT2D eigenvalue weighted by molar-refractivity contribution is 7.11. The molecule has 0 aliphatic carbocycles. The second-order valence-corrected chi connectivity index (χ2v) is 7.03. The largest absolute Gasteiger partial charge is 0.323 e. The lowest BCUT2D eigenvalue weighted by molar-refractivity contribution is 0.185. The van der Waals surface area contributed by atoms with Gasteiger partial charge in [0.1, 0.15) is 5.01 Å². The van der Waals surface area contributed by atoms with E-state index in [4.69, 9.17) is 10.7 Å². The van der Waals surface area contributed by atoms with Crippen molar-refractivity contribution in [1.29, 1.82) is 0 Å². The van der Waals surface area contributed by atoms with Crippen molar-refractivity contribution in [3.63, 3.8) is 0 Å². The summed E-state index contributed by atoms with van der Waals surface area (Å²) in [6.45, 7) is 10.1. The highest BCUT2D eigenvalue weighted by Crippen LogP contribution is 2.27. The summed E-state index contributed by atoms with van der Waals surface area (Å²) in [7, 11) is 0. The first-order valence-electron chi connectivity index (χ1n) is 7.56. The van der Waals surface area contributed by atoms with Crippen LogP contribution >= 0.6 is 11.3 Å². The number of hydrogen-bond acceptors (Lipinski definition) is 4. The molecule has 1 aromatic heterocycles. The van der Waals surface area contributed by atoms with Crippen LogP contribution in [0, 0.1) is 5.92 Å². The third-order valence-corrected chi connectivity index (χ3v) is 5.19. The minimum absolute atomic E-state index is 0.120. The standard InChI is InChI=1S/C15H27N3S/c1-4-5-13-15(12(3)16)19-14(17-13)10-18-8-6-11(2)7-9-18/h11-12H,4-10,16H2,1-3H3. The molecule has 108 valence electrons. The molecule has 0 aromatic carbocycles. The van der Waals surface area contributed by atoms with E-state index in [0.29, 0.717) is 0 Å². The van der Waals surface area contributed by atoms with Gasteiger partial charge in [-0.1, -0.05) is 20.3 Å². The summed E-state index contributed by atoms with van der Waals surface area (Å²) in [5.74, 6) is 0.892. The fourth-order valence-corrected chi connectivity index (χ4v) is 3.77. The third-order valence-electron chi connectivity index (χ3n) is 3.91. The summed E-state index contributed by atoms with van der Waals surface area (Å²) in [5, 5.41) is 1.25. The number of hydrogen-bond donors (Lipinski definition) is 1. The first kappa shape index (κ1) is 14.9. The van der Waals surface area contributed by atoms with Gasteiger partial charge in [0.25, 0.3) is 0 Å². The summed E-state index contributed by atoms with van der Waals surface area (Å²) >= 11 is 1.82. The van der Waals surface area contributed by atoms with Gasteiger partial charge in [-0.15, -0.1) is 11.3 Å². The average Bonchev–Trinajstić information content (AvgIpc) is 2.76. The monoisotopic (exact) mass is 281 g/mol. The zero-order valence-corrected chi connectivity index (χ0v) is 13.3. The van der Waals surface area contributed by atoms with Crippen LogP contribution in [-0.4, -0.2) is 23.0 Å². The molecule has 1 aliphatic rings. The molecule has 1 unspecified atom stereocenters. The van der Waals surface area contributed by atoms with Crippen LogP contribution < -0.4 is 5.73 Å². The number of likely N-dealkylation sites (tertiary alicyclic amines) is 1. The van der Waals surface area contributed by atoms with Crippen LogP contribution in [0.2, 0.25) is 0 Å². The van der Waals surface area contributed by atoms with E-state index >= 15 is 0 Å². The van der Waals surface area contributed by atoms with Crippen LogP contribution in [0.5, 0.6) is 0 Å². The van der Waals surface area contributed by atoms with E-state index in [1.54, 1.807) is 0 Å². The predicted octanol–water partition coefficient (Wildman–Crippen LogP) is 3.35. The topological polar surface area (TPSA) is 42.2 Å². The SMILES string of the molecule is CCCc1nc(CN2CCC(C)CC2)sc1C(C)N. The normalized spacial score (nSPS) is 19.8. The second-order valence-electron chi connectivity index (χ2n) is 5.92. The Morgan fingerprint density at radius 3 is 2.68 bits per heavy atom. The average molecular weight is 281 g/mol. The zero-order valence-electron chi connectivity index (χ0n) is 12.5. The quantitative estimate of drug-likeness (QED) is 0.900. The van der Waals surface area contributed by atoms with Gasteiger partial charge in [0.05, 0.1) is 12.2 Å². The van der Waals surface area contributed by atoms with Gasteiger partial charge in [0, 0.05) is 10.9 Å². The number of nitrogens with zero attached hydrogens (tertiary/aromatic N) is 2. The maximum atomic E-state index is 6.07. The molecule has 0 bridgehead atoms. The molecule has 1 aromatic rings. The van der Waals surface area contributed by atoms with Gasteiger partial charge >= 0.3 is 0 Å². The molecular formula is C15H27N3S. The number of rotatable bonds is 5. The molecule has 0 saturated carbocycles.